The van der Waals surface area contributed by atoms with Crippen molar-refractivity contribution in [3.05, 3.63) is 22.4 Å². The Hall–Kier alpha value is -0.850. The Morgan fingerprint density at radius 3 is 2.94 bits per heavy atom. The molecule has 1 aliphatic rings. The van der Waals surface area contributed by atoms with Gasteiger partial charge in [-0.15, -0.1) is 11.3 Å². The molecule has 1 fully saturated rings. The van der Waals surface area contributed by atoms with Crippen LogP contribution in [0, 0.1) is 11.3 Å². The van der Waals surface area contributed by atoms with Crippen LogP contribution in [0.1, 0.15) is 37.0 Å². The van der Waals surface area contributed by atoms with E-state index >= 15 is 0 Å². The van der Waals surface area contributed by atoms with E-state index in [1.54, 1.807) is 0 Å². The molecule has 3 heteroatoms. The summed E-state index contributed by atoms with van der Waals surface area (Å²) in [7, 11) is 0. The molecule has 1 aromatic rings. The van der Waals surface area contributed by atoms with Crippen LogP contribution in [0.5, 0.6) is 0 Å². The van der Waals surface area contributed by atoms with Gasteiger partial charge >= 0.3 is 0 Å². The Morgan fingerprint density at radius 1 is 1.44 bits per heavy atom. The van der Waals surface area contributed by atoms with E-state index in [1.807, 2.05) is 11.3 Å². The van der Waals surface area contributed by atoms with Gasteiger partial charge in [0.1, 0.15) is 0 Å². The zero-order valence-corrected chi connectivity index (χ0v) is 10.4. The van der Waals surface area contributed by atoms with Crippen LogP contribution >= 0.6 is 11.3 Å². The van der Waals surface area contributed by atoms with Gasteiger partial charge in [0.25, 0.3) is 0 Å². The number of rotatable bonds is 7. The largest absolute Gasteiger partial charge is 0.295 e. The molecule has 0 spiro atoms. The number of hydrogen-bond donors (Lipinski definition) is 0. The average Bonchev–Trinajstić information content (AvgIpc) is 3.02. The molecule has 0 atom stereocenters. The molecule has 1 aliphatic carbocycles. The van der Waals surface area contributed by atoms with Crippen LogP contribution in [0.15, 0.2) is 17.5 Å². The molecule has 16 heavy (non-hydrogen) atoms. The second-order valence-corrected chi connectivity index (χ2v) is 5.43. The molecule has 1 saturated carbocycles. The summed E-state index contributed by atoms with van der Waals surface area (Å²) >= 11 is 1.85. The number of unbranched alkanes of at least 4 members (excludes halogenated alkanes) is 2. The molecule has 0 radical (unpaired) electrons. The minimum absolute atomic E-state index is 0.706. The van der Waals surface area contributed by atoms with E-state index in [4.69, 9.17) is 5.26 Å². The van der Waals surface area contributed by atoms with E-state index in [9.17, 15) is 0 Å². The molecule has 0 aliphatic heterocycles. The average molecular weight is 234 g/mol. The van der Waals surface area contributed by atoms with Crippen molar-refractivity contribution in [1.82, 2.24) is 4.90 Å². The third kappa shape index (κ3) is 3.62. The van der Waals surface area contributed by atoms with E-state index < -0.39 is 0 Å². The van der Waals surface area contributed by atoms with Gasteiger partial charge in [-0.3, -0.25) is 4.90 Å². The van der Waals surface area contributed by atoms with Crippen LogP contribution in [0.4, 0.5) is 0 Å². The lowest BCUT2D eigenvalue weighted by Gasteiger charge is -2.20. The van der Waals surface area contributed by atoms with Gasteiger partial charge in [-0.2, -0.15) is 5.26 Å². The predicted octanol–water partition coefficient (Wildman–Crippen LogP) is 3.41. The third-order valence-electron chi connectivity index (χ3n) is 2.99. The molecule has 1 heterocycles. The molecular formula is C13H18N2S. The molecule has 0 amide bonds. The third-order valence-corrected chi connectivity index (χ3v) is 3.85. The highest BCUT2D eigenvalue weighted by Crippen LogP contribution is 2.29. The maximum atomic E-state index is 8.50. The number of nitrogens with zero attached hydrogens (tertiary/aromatic N) is 2. The van der Waals surface area contributed by atoms with Crippen molar-refractivity contribution in [2.24, 2.45) is 0 Å². The number of hydrogen-bond acceptors (Lipinski definition) is 3. The molecule has 0 bridgehead atoms. The predicted molar refractivity (Wildman–Crippen MR) is 67.2 cm³/mol. The first-order valence-electron chi connectivity index (χ1n) is 6.03. The second kappa shape index (κ2) is 6.03. The highest BCUT2D eigenvalue weighted by molar-refractivity contribution is 7.09. The summed E-state index contributed by atoms with van der Waals surface area (Å²) < 4.78 is 0. The first kappa shape index (κ1) is 11.6. The Kier molecular flexibility index (Phi) is 4.38. The Bertz CT molecular complexity index is 335. The smallest absolute Gasteiger partial charge is 0.0621 e. The lowest BCUT2D eigenvalue weighted by Crippen LogP contribution is -2.26. The summed E-state index contributed by atoms with van der Waals surface area (Å²) in [5.74, 6) is 0. The molecule has 0 saturated heterocycles. The maximum Gasteiger partial charge on any atom is 0.0621 e. The number of thiophene rings is 1. The van der Waals surface area contributed by atoms with Gasteiger partial charge in [0.2, 0.25) is 0 Å². The van der Waals surface area contributed by atoms with Crippen LogP contribution in [0.25, 0.3) is 0 Å². The minimum Gasteiger partial charge on any atom is -0.295 e. The van der Waals surface area contributed by atoms with Crippen molar-refractivity contribution in [2.75, 3.05) is 6.54 Å². The van der Waals surface area contributed by atoms with E-state index in [2.05, 4.69) is 28.5 Å². The summed E-state index contributed by atoms with van der Waals surface area (Å²) in [6, 6.07) is 7.38. The van der Waals surface area contributed by atoms with Crippen molar-refractivity contribution >= 4 is 11.3 Å². The molecule has 2 nitrogen and oxygen atoms in total. The summed E-state index contributed by atoms with van der Waals surface area (Å²) in [6.45, 7) is 2.26. The fourth-order valence-electron chi connectivity index (χ4n) is 1.95. The molecular weight excluding hydrogens is 216 g/mol. The molecule has 0 aromatic carbocycles. The van der Waals surface area contributed by atoms with Gasteiger partial charge in [-0.1, -0.05) is 6.07 Å². The SMILES string of the molecule is N#CCCCCN(Cc1cccs1)C1CC1. The zero-order valence-electron chi connectivity index (χ0n) is 9.56. The van der Waals surface area contributed by atoms with E-state index in [-0.39, 0.29) is 0 Å². The van der Waals surface area contributed by atoms with E-state index in [0.717, 1.165) is 32.0 Å². The molecule has 1 aromatic heterocycles. The van der Waals surface area contributed by atoms with Crippen molar-refractivity contribution in [3.8, 4) is 6.07 Å². The van der Waals surface area contributed by atoms with Crippen molar-refractivity contribution < 1.29 is 0 Å². The van der Waals surface area contributed by atoms with Crippen molar-refractivity contribution in [2.45, 2.75) is 44.7 Å². The van der Waals surface area contributed by atoms with Gasteiger partial charge < -0.3 is 0 Å². The van der Waals surface area contributed by atoms with Crippen LogP contribution < -0.4 is 0 Å². The number of nitriles is 1. The fourth-order valence-corrected chi connectivity index (χ4v) is 2.68. The van der Waals surface area contributed by atoms with Gasteiger partial charge in [0, 0.05) is 23.9 Å². The molecule has 0 unspecified atom stereocenters. The molecule has 86 valence electrons. The first-order valence-corrected chi connectivity index (χ1v) is 6.91. The molecule has 2 rings (SSSR count). The van der Waals surface area contributed by atoms with Crippen LogP contribution in [0.2, 0.25) is 0 Å². The van der Waals surface area contributed by atoms with Crippen molar-refractivity contribution in [3.63, 3.8) is 0 Å². The Labute approximate surface area is 102 Å². The van der Waals surface area contributed by atoms with Crippen LogP contribution in [0.3, 0.4) is 0 Å². The maximum absolute atomic E-state index is 8.50. The zero-order chi connectivity index (χ0) is 11.2. The quantitative estimate of drug-likeness (QED) is 0.676. The standard InChI is InChI=1S/C13H18N2S/c14-8-2-1-3-9-15(12-6-7-12)11-13-5-4-10-16-13/h4-5,10,12H,1-3,6-7,9,11H2. The van der Waals surface area contributed by atoms with E-state index in [0.29, 0.717) is 6.42 Å². The van der Waals surface area contributed by atoms with Gasteiger partial charge in [0.05, 0.1) is 6.07 Å². The minimum atomic E-state index is 0.706. The van der Waals surface area contributed by atoms with Crippen LogP contribution in [-0.4, -0.2) is 17.5 Å². The summed E-state index contributed by atoms with van der Waals surface area (Å²) in [5, 5.41) is 10.6. The lowest BCUT2D eigenvalue weighted by atomic mass is 10.2. The van der Waals surface area contributed by atoms with Gasteiger partial charge in [-0.25, -0.2) is 0 Å². The molecule has 0 N–H and O–H groups in total. The first-order chi connectivity index (χ1) is 7.90. The summed E-state index contributed by atoms with van der Waals surface area (Å²) in [6.07, 6.45) is 5.64. The fraction of sp³-hybridized carbons (Fsp3) is 0.615. The highest BCUT2D eigenvalue weighted by Gasteiger charge is 2.28. The summed E-state index contributed by atoms with van der Waals surface area (Å²) in [5.41, 5.74) is 0. The highest BCUT2D eigenvalue weighted by atomic mass is 32.1. The Balaban J connectivity index is 1.75. The summed E-state index contributed by atoms with van der Waals surface area (Å²) in [4.78, 5) is 4.05. The topological polar surface area (TPSA) is 27.0 Å². The van der Waals surface area contributed by atoms with Gasteiger partial charge in [-0.05, 0) is 43.7 Å². The normalized spacial score (nSPS) is 15.2. The lowest BCUT2D eigenvalue weighted by molar-refractivity contribution is 0.252. The van der Waals surface area contributed by atoms with Crippen molar-refractivity contribution in [1.29, 1.82) is 5.26 Å². The van der Waals surface area contributed by atoms with E-state index in [1.165, 1.54) is 17.7 Å². The second-order valence-electron chi connectivity index (χ2n) is 4.40. The Morgan fingerprint density at radius 2 is 2.31 bits per heavy atom. The van der Waals surface area contributed by atoms with Crippen LogP contribution in [-0.2, 0) is 6.54 Å². The monoisotopic (exact) mass is 234 g/mol. The van der Waals surface area contributed by atoms with Gasteiger partial charge in [0.15, 0.2) is 0 Å².